The third-order valence-corrected chi connectivity index (χ3v) is 2.58. The van der Waals surface area contributed by atoms with Crippen molar-refractivity contribution in [3.8, 4) is 0 Å². The van der Waals surface area contributed by atoms with Crippen LogP contribution in [0.4, 0.5) is 0 Å². The second-order valence-corrected chi connectivity index (χ2v) is 3.88. The fraction of sp³-hybridized carbons (Fsp3) is 0.700. The minimum atomic E-state index is -0.428. The molecule has 0 unspecified atom stereocenters. The predicted molar refractivity (Wildman–Crippen MR) is 47.7 cm³/mol. The normalized spacial score (nSPS) is 30.8. The monoisotopic (exact) mass is 168 g/mol. The molecule has 0 aromatic heterocycles. The van der Waals surface area contributed by atoms with E-state index in [-0.39, 0.29) is 11.7 Å². The van der Waals surface area contributed by atoms with Gasteiger partial charge in [0.15, 0.2) is 5.78 Å². The lowest BCUT2D eigenvalue weighted by atomic mass is 9.80. The van der Waals surface area contributed by atoms with Crippen LogP contribution in [0, 0.1) is 11.8 Å². The summed E-state index contributed by atoms with van der Waals surface area (Å²) in [5, 5.41) is 9.60. The summed E-state index contributed by atoms with van der Waals surface area (Å²) >= 11 is 0. The van der Waals surface area contributed by atoms with Gasteiger partial charge in [0.25, 0.3) is 0 Å². The van der Waals surface area contributed by atoms with Crippen molar-refractivity contribution in [2.24, 2.45) is 11.8 Å². The Morgan fingerprint density at radius 3 is 2.67 bits per heavy atom. The fourth-order valence-electron chi connectivity index (χ4n) is 1.60. The van der Waals surface area contributed by atoms with Crippen molar-refractivity contribution in [2.75, 3.05) is 0 Å². The van der Waals surface area contributed by atoms with Crippen LogP contribution in [0.5, 0.6) is 0 Å². The SMILES string of the molecule is CC1=C[C@@H](O)[C@H](C(C)C)CC1=O. The first kappa shape index (κ1) is 9.46. The highest BCUT2D eigenvalue weighted by molar-refractivity contribution is 5.95. The molecule has 0 amide bonds. The number of aliphatic hydroxyl groups excluding tert-OH is 1. The lowest BCUT2D eigenvalue weighted by Crippen LogP contribution is -2.30. The van der Waals surface area contributed by atoms with E-state index in [2.05, 4.69) is 0 Å². The highest BCUT2D eigenvalue weighted by Crippen LogP contribution is 2.27. The number of hydrogen-bond donors (Lipinski definition) is 1. The Labute approximate surface area is 73.3 Å². The van der Waals surface area contributed by atoms with Gasteiger partial charge in [0.1, 0.15) is 0 Å². The van der Waals surface area contributed by atoms with E-state index in [4.69, 9.17) is 0 Å². The highest BCUT2D eigenvalue weighted by atomic mass is 16.3. The summed E-state index contributed by atoms with van der Waals surface area (Å²) in [5.41, 5.74) is 0.708. The van der Waals surface area contributed by atoms with Gasteiger partial charge in [-0.1, -0.05) is 13.8 Å². The molecular formula is C10H16O2. The van der Waals surface area contributed by atoms with Gasteiger partial charge in [-0.25, -0.2) is 0 Å². The third kappa shape index (κ3) is 1.75. The number of Topliss-reactive ketones (excluding diaryl/α,β-unsaturated/α-hetero) is 1. The number of rotatable bonds is 1. The molecule has 2 nitrogen and oxygen atoms in total. The Kier molecular flexibility index (Phi) is 2.68. The maximum absolute atomic E-state index is 11.3. The van der Waals surface area contributed by atoms with Gasteiger partial charge in [0.05, 0.1) is 6.10 Å². The Morgan fingerprint density at radius 1 is 1.58 bits per heavy atom. The van der Waals surface area contributed by atoms with E-state index in [0.717, 1.165) is 0 Å². The standard InChI is InChI=1S/C10H16O2/c1-6(2)8-5-9(11)7(3)4-10(8)12/h4,6,8,10,12H,5H2,1-3H3/t8-,10+/m0/s1. The zero-order valence-electron chi connectivity index (χ0n) is 7.87. The fourth-order valence-corrected chi connectivity index (χ4v) is 1.60. The van der Waals surface area contributed by atoms with Crippen molar-refractivity contribution in [1.29, 1.82) is 0 Å². The van der Waals surface area contributed by atoms with Gasteiger partial charge in [-0.3, -0.25) is 4.79 Å². The van der Waals surface area contributed by atoms with Gasteiger partial charge < -0.3 is 5.11 Å². The predicted octanol–water partition coefficient (Wildman–Crippen LogP) is 1.54. The van der Waals surface area contributed by atoms with Gasteiger partial charge in [-0.05, 0) is 30.4 Å². The van der Waals surface area contributed by atoms with Crippen LogP contribution >= 0.6 is 0 Å². The Balaban J connectivity index is 2.79. The van der Waals surface area contributed by atoms with Gasteiger partial charge >= 0.3 is 0 Å². The Hall–Kier alpha value is -0.630. The molecule has 0 saturated heterocycles. The smallest absolute Gasteiger partial charge is 0.158 e. The van der Waals surface area contributed by atoms with Crippen LogP contribution in [0.25, 0.3) is 0 Å². The van der Waals surface area contributed by atoms with E-state index < -0.39 is 6.10 Å². The topological polar surface area (TPSA) is 37.3 Å². The molecule has 1 aliphatic rings. The third-order valence-electron chi connectivity index (χ3n) is 2.58. The zero-order valence-corrected chi connectivity index (χ0v) is 7.87. The molecule has 0 heterocycles. The molecule has 0 aromatic rings. The summed E-state index contributed by atoms with van der Waals surface area (Å²) in [6.07, 6.45) is 1.75. The quantitative estimate of drug-likeness (QED) is 0.644. The second-order valence-electron chi connectivity index (χ2n) is 3.88. The number of ketones is 1. The molecule has 1 rings (SSSR count). The van der Waals surface area contributed by atoms with Crippen LogP contribution in [-0.2, 0) is 4.79 Å². The molecule has 12 heavy (non-hydrogen) atoms. The molecular weight excluding hydrogens is 152 g/mol. The van der Waals surface area contributed by atoms with E-state index in [1.165, 1.54) is 0 Å². The van der Waals surface area contributed by atoms with Crippen LogP contribution in [-0.4, -0.2) is 17.0 Å². The largest absolute Gasteiger partial charge is 0.389 e. The van der Waals surface area contributed by atoms with Crippen LogP contribution in [0.1, 0.15) is 27.2 Å². The number of allylic oxidation sites excluding steroid dienone is 1. The van der Waals surface area contributed by atoms with Crippen molar-refractivity contribution in [3.63, 3.8) is 0 Å². The summed E-state index contributed by atoms with van der Waals surface area (Å²) in [6, 6.07) is 0. The minimum absolute atomic E-state index is 0.112. The van der Waals surface area contributed by atoms with Crippen molar-refractivity contribution in [3.05, 3.63) is 11.6 Å². The van der Waals surface area contributed by atoms with Crippen molar-refractivity contribution >= 4 is 5.78 Å². The highest BCUT2D eigenvalue weighted by Gasteiger charge is 2.28. The summed E-state index contributed by atoms with van der Waals surface area (Å²) < 4.78 is 0. The summed E-state index contributed by atoms with van der Waals surface area (Å²) in [6.45, 7) is 5.84. The molecule has 0 fully saturated rings. The van der Waals surface area contributed by atoms with Crippen LogP contribution in [0.15, 0.2) is 11.6 Å². The van der Waals surface area contributed by atoms with E-state index in [1.807, 2.05) is 13.8 Å². The number of hydrogen-bond acceptors (Lipinski definition) is 2. The first-order valence-electron chi connectivity index (χ1n) is 4.42. The molecule has 0 radical (unpaired) electrons. The number of carbonyl (C=O) groups excluding carboxylic acids is 1. The average molecular weight is 168 g/mol. The molecule has 0 saturated carbocycles. The van der Waals surface area contributed by atoms with Crippen molar-refractivity contribution in [1.82, 2.24) is 0 Å². The van der Waals surface area contributed by atoms with Crippen LogP contribution in [0.3, 0.4) is 0 Å². The Bertz CT molecular complexity index is 216. The molecule has 1 aliphatic carbocycles. The van der Waals surface area contributed by atoms with Crippen LogP contribution in [0.2, 0.25) is 0 Å². The first-order chi connectivity index (χ1) is 5.52. The zero-order chi connectivity index (χ0) is 9.30. The number of carbonyl (C=O) groups is 1. The number of aliphatic hydroxyl groups is 1. The van der Waals surface area contributed by atoms with E-state index >= 15 is 0 Å². The molecule has 0 aromatic carbocycles. The van der Waals surface area contributed by atoms with Gasteiger partial charge in [-0.15, -0.1) is 0 Å². The van der Waals surface area contributed by atoms with E-state index in [9.17, 15) is 9.90 Å². The van der Waals surface area contributed by atoms with Crippen molar-refractivity contribution in [2.45, 2.75) is 33.3 Å². The van der Waals surface area contributed by atoms with Gasteiger partial charge in [0, 0.05) is 6.42 Å². The lowest BCUT2D eigenvalue weighted by molar-refractivity contribution is -0.118. The molecule has 0 spiro atoms. The van der Waals surface area contributed by atoms with Gasteiger partial charge in [-0.2, -0.15) is 0 Å². The minimum Gasteiger partial charge on any atom is -0.389 e. The molecule has 68 valence electrons. The molecule has 0 bridgehead atoms. The summed E-state index contributed by atoms with van der Waals surface area (Å²) in [4.78, 5) is 11.3. The lowest BCUT2D eigenvalue weighted by Gasteiger charge is -2.27. The molecule has 2 atom stereocenters. The summed E-state index contributed by atoms with van der Waals surface area (Å²) in [5.74, 6) is 0.661. The first-order valence-corrected chi connectivity index (χ1v) is 4.42. The maximum Gasteiger partial charge on any atom is 0.158 e. The maximum atomic E-state index is 11.3. The van der Waals surface area contributed by atoms with Crippen molar-refractivity contribution < 1.29 is 9.90 Å². The molecule has 0 aliphatic heterocycles. The van der Waals surface area contributed by atoms with Gasteiger partial charge in [0.2, 0.25) is 0 Å². The Morgan fingerprint density at radius 2 is 2.17 bits per heavy atom. The van der Waals surface area contributed by atoms with Crippen LogP contribution < -0.4 is 0 Å². The second kappa shape index (κ2) is 3.40. The van der Waals surface area contributed by atoms with E-state index in [1.54, 1.807) is 13.0 Å². The average Bonchev–Trinajstić information content (AvgIpc) is 1.96. The summed E-state index contributed by atoms with van der Waals surface area (Å²) in [7, 11) is 0. The molecule has 2 heteroatoms. The molecule has 1 N–H and O–H groups in total. The van der Waals surface area contributed by atoms with E-state index in [0.29, 0.717) is 17.9 Å².